The number of nitrogens with zero attached hydrogens (tertiary/aromatic N) is 5. The second-order valence-corrected chi connectivity index (χ2v) is 7.87. The fourth-order valence-electron chi connectivity index (χ4n) is 3.59. The van der Waals surface area contributed by atoms with Crippen LogP contribution in [-0.4, -0.2) is 56.4 Å². The maximum absolute atomic E-state index is 14.7. The Morgan fingerprint density at radius 1 is 1.31 bits per heavy atom. The van der Waals surface area contributed by atoms with Crippen molar-refractivity contribution in [1.29, 1.82) is 0 Å². The van der Waals surface area contributed by atoms with Crippen LogP contribution in [0.5, 0.6) is 0 Å². The summed E-state index contributed by atoms with van der Waals surface area (Å²) in [7, 11) is 0. The molecule has 0 aliphatic carbocycles. The van der Waals surface area contributed by atoms with Crippen LogP contribution in [0, 0.1) is 5.92 Å². The maximum atomic E-state index is 14.7. The Labute approximate surface area is 182 Å². The number of anilines is 1. The molecule has 4 rings (SSSR count). The smallest absolute Gasteiger partial charge is 0.410 e. The fourth-order valence-corrected chi connectivity index (χ4v) is 3.59. The first kappa shape index (κ1) is 21.8. The lowest BCUT2D eigenvalue weighted by atomic mass is 9.95. The topological polar surface area (TPSA) is 84.7 Å². The van der Waals surface area contributed by atoms with E-state index in [2.05, 4.69) is 20.5 Å². The Bertz CT molecular complexity index is 1070. The highest BCUT2D eigenvalue weighted by molar-refractivity contribution is 5.68. The van der Waals surface area contributed by atoms with Gasteiger partial charge in [0.25, 0.3) is 5.92 Å². The van der Waals surface area contributed by atoms with Crippen LogP contribution in [0.4, 0.5) is 23.8 Å². The molecular formula is C21H23F3N6O2. The van der Waals surface area contributed by atoms with Crippen LogP contribution in [0.3, 0.4) is 0 Å². The molecule has 1 fully saturated rings. The number of carbonyl (C=O) groups excluding carboxylic acids is 1. The van der Waals surface area contributed by atoms with Crippen molar-refractivity contribution in [3.05, 3.63) is 54.1 Å². The Kier molecular flexibility index (Phi) is 6.15. The van der Waals surface area contributed by atoms with Gasteiger partial charge in [0.2, 0.25) is 5.65 Å². The normalized spacial score (nSPS) is 19.2. The van der Waals surface area contributed by atoms with Crippen LogP contribution in [-0.2, 0) is 17.3 Å². The molecule has 3 aromatic rings. The number of alkyl halides is 3. The van der Waals surface area contributed by atoms with Crippen molar-refractivity contribution in [2.45, 2.75) is 32.0 Å². The summed E-state index contributed by atoms with van der Waals surface area (Å²) in [6.07, 6.45) is 3.48. The Balaban J connectivity index is 1.25. The zero-order valence-electron chi connectivity index (χ0n) is 17.4. The van der Waals surface area contributed by atoms with E-state index in [4.69, 9.17) is 4.74 Å². The predicted molar refractivity (Wildman–Crippen MR) is 110 cm³/mol. The van der Waals surface area contributed by atoms with Crippen LogP contribution in [0.15, 0.2) is 43.0 Å². The lowest BCUT2D eigenvalue weighted by Gasteiger charge is -2.34. The molecule has 8 nitrogen and oxygen atoms in total. The highest BCUT2D eigenvalue weighted by atomic mass is 19.3. The number of carbonyl (C=O) groups is 1. The van der Waals surface area contributed by atoms with Crippen molar-refractivity contribution in [2.24, 2.45) is 5.92 Å². The van der Waals surface area contributed by atoms with E-state index >= 15 is 0 Å². The number of rotatable bonds is 6. The van der Waals surface area contributed by atoms with Crippen LogP contribution < -0.4 is 5.32 Å². The number of fused-ring (bicyclic) bond motifs is 1. The summed E-state index contributed by atoms with van der Waals surface area (Å²) >= 11 is 0. The molecule has 0 unspecified atom stereocenters. The lowest BCUT2D eigenvalue weighted by molar-refractivity contribution is 0.0174. The number of hydrogen-bond acceptors (Lipinski definition) is 6. The number of ether oxygens (including phenoxy) is 1. The predicted octanol–water partition coefficient (Wildman–Crippen LogP) is 3.64. The van der Waals surface area contributed by atoms with Crippen molar-refractivity contribution in [2.75, 3.05) is 25.0 Å². The molecule has 0 bridgehead atoms. The van der Waals surface area contributed by atoms with E-state index in [-0.39, 0.29) is 24.6 Å². The first-order valence-corrected chi connectivity index (χ1v) is 10.2. The highest BCUT2D eigenvalue weighted by Crippen LogP contribution is 2.27. The second kappa shape index (κ2) is 9.01. The van der Waals surface area contributed by atoms with Gasteiger partial charge in [0, 0.05) is 43.9 Å². The molecule has 0 radical (unpaired) electrons. The lowest BCUT2D eigenvalue weighted by Crippen LogP contribution is -2.46. The van der Waals surface area contributed by atoms with Gasteiger partial charge in [0.1, 0.15) is 19.1 Å². The molecule has 170 valence electrons. The molecule has 1 N–H and O–H groups in total. The number of piperidine rings is 1. The van der Waals surface area contributed by atoms with Crippen LogP contribution in [0.25, 0.3) is 5.65 Å². The quantitative estimate of drug-likeness (QED) is 0.620. The molecule has 3 heterocycles. The van der Waals surface area contributed by atoms with Gasteiger partial charge in [-0.2, -0.15) is 0 Å². The van der Waals surface area contributed by atoms with Gasteiger partial charge in [0.05, 0.1) is 6.54 Å². The third-order valence-corrected chi connectivity index (χ3v) is 5.50. The van der Waals surface area contributed by atoms with E-state index < -0.39 is 18.2 Å². The molecular weight excluding hydrogens is 425 g/mol. The Morgan fingerprint density at radius 2 is 2.09 bits per heavy atom. The van der Waals surface area contributed by atoms with Gasteiger partial charge in [-0.25, -0.2) is 22.9 Å². The van der Waals surface area contributed by atoms with E-state index in [0.717, 1.165) is 6.92 Å². The molecule has 32 heavy (non-hydrogen) atoms. The molecule has 1 aliphatic heterocycles. The number of nitrogens with one attached hydrogen (secondary N) is 1. The molecule has 2 atom stereocenters. The summed E-state index contributed by atoms with van der Waals surface area (Å²) in [4.78, 5) is 17.9. The first-order chi connectivity index (χ1) is 15.3. The van der Waals surface area contributed by atoms with Gasteiger partial charge in [-0.3, -0.25) is 4.40 Å². The molecule has 0 saturated carbocycles. The minimum atomic E-state index is -2.93. The van der Waals surface area contributed by atoms with Gasteiger partial charge < -0.3 is 15.0 Å². The number of hydrogen-bond donors (Lipinski definition) is 1. The first-order valence-electron chi connectivity index (χ1n) is 10.2. The zero-order chi connectivity index (χ0) is 22.7. The molecule has 1 saturated heterocycles. The maximum Gasteiger partial charge on any atom is 0.410 e. The molecule has 1 aromatic carbocycles. The fraction of sp³-hybridized carbons (Fsp3) is 0.429. The van der Waals surface area contributed by atoms with E-state index in [1.54, 1.807) is 23.1 Å². The third kappa shape index (κ3) is 4.92. The Morgan fingerprint density at radius 3 is 2.81 bits per heavy atom. The minimum absolute atomic E-state index is 0.0686. The second-order valence-electron chi connectivity index (χ2n) is 7.87. The van der Waals surface area contributed by atoms with E-state index in [0.29, 0.717) is 36.5 Å². The number of likely N-dealkylation sites (tertiary alicyclic amines) is 1. The van der Waals surface area contributed by atoms with Crippen molar-refractivity contribution < 1.29 is 22.7 Å². The largest absolute Gasteiger partial charge is 0.445 e. The van der Waals surface area contributed by atoms with Gasteiger partial charge in [-0.15, -0.1) is 10.2 Å². The summed E-state index contributed by atoms with van der Waals surface area (Å²) in [5.74, 6) is -2.71. The summed E-state index contributed by atoms with van der Waals surface area (Å²) in [5, 5.41) is 10.9. The number of amides is 1. The zero-order valence-corrected chi connectivity index (χ0v) is 17.4. The minimum Gasteiger partial charge on any atom is -0.445 e. The van der Waals surface area contributed by atoms with E-state index in [9.17, 15) is 18.0 Å². The van der Waals surface area contributed by atoms with Crippen LogP contribution in [0.2, 0.25) is 0 Å². The van der Waals surface area contributed by atoms with Gasteiger partial charge in [0.15, 0.2) is 5.82 Å². The van der Waals surface area contributed by atoms with Crippen molar-refractivity contribution in [3.8, 4) is 0 Å². The van der Waals surface area contributed by atoms with Crippen molar-refractivity contribution in [3.63, 3.8) is 0 Å². The molecule has 1 aliphatic rings. The summed E-state index contributed by atoms with van der Waals surface area (Å²) in [6.45, 7) is 1.38. The number of aromatic nitrogens is 4. The SMILES string of the molecule is CC(F)(F)c1ccc(COC(=O)N2CC[C@H](CNc3nccn4cnnc34)[C@H](F)C2)cc1. The Hall–Kier alpha value is -3.37. The summed E-state index contributed by atoms with van der Waals surface area (Å²) in [5.41, 5.74) is 1.02. The molecule has 0 spiro atoms. The third-order valence-electron chi connectivity index (χ3n) is 5.50. The van der Waals surface area contributed by atoms with Crippen molar-refractivity contribution >= 4 is 17.6 Å². The van der Waals surface area contributed by atoms with Crippen molar-refractivity contribution in [1.82, 2.24) is 24.5 Å². The van der Waals surface area contributed by atoms with E-state index in [1.807, 2.05) is 0 Å². The molecule has 1 amide bonds. The van der Waals surface area contributed by atoms with Crippen LogP contribution in [0.1, 0.15) is 24.5 Å². The standard InChI is InChI=1S/C21H23F3N6O2/c1-21(23,24)16-4-2-14(3-5-16)12-32-20(31)29-8-6-15(17(22)11-29)10-26-18-19-28-27-13-30(19)9-7-25-18/h2-5,7,9,13,15,17H,6,8,10-12H2,1H3,(H,25,26)/t15-,17-/m1/s1. The number of benzene rings is 1. The monoisotopic (exact) mass is 448 g/mol. The molecule has 11 heteroatoms. The summed E-state index contributed by atoms with van der Waals surface area (Å²) in [6, 6.07) is 5.57. The number of halogens is 3. The average molecular weight is 448 g/mol. The average Bonchev–Trinajstić information content (AvgIpc) is 3.26. The van der Waals surface area contributed by atoms with Gasteiger partial charge in [-0.1, -0.05) is 24.3 Å². The highest BCUT2D eigenvalue weighted by Gasteiger charge is 2.32. The van der Waals surface area contributed by atoms with Crippen LogP contribution >= 0.6 is 0 Å². The molecule has 2 aromatic heterocycles. The van der Waals surface area contributed by atoms with E-state index in [1.165, 1.54) is 29.2 Å². The summed E-state index contributed by atoms with van der Waals surface area (Å²) < 4.78 is 48.2. The van der Waals surface area contributed by atoms with Gasteiger partial charge >= 0.3 is 6.09 Å². The van der Waals surface area contributed by atoms with Gasteiger partial charge in [-0.05, 0) is 12.0 Å².